The van der Waals surface area contributed by atoms with Crippen LogP contribution in [0.5, 0.6) is 0 Å². The molecule has 0 N–H and O–H groups in total. The van der Waals surface area contributed by atoms with Gasteiger partial charge in [0.05, 0.1) is 0 Å². The minimum Gasteiger partial charge on any atom is -0.358 e. The van der Waals surface area contributed by atoms with Crippen molar-refractivity contribution in [3.63, 3.8) is 0 Å². The van der Waals surface area contributed by atoms with Gasteiger partial charge in [0.1, 0.15) is 0 Å². The van der Waals surface area contributed by atoms with Crippen LogP contribution in [-0.4, -0.2) is 4.21 Å². The van der Waals surface area contributed by atoms with Gasteiger partial charge < -0.3 is 13.3 Å². The molecule has 0 amide bonds. The zero-order valence-electron chi connectivity index (χ0n) is 26.5. The van der Waals surface area contributed by atoms with Crippen LogP contribution >= 0.6 is 24.8 Å². The first kappa shape index (κ1) is 38.3. The number of rotatable bonds is 0. The van der Waals surface area contributed by atoms with Gasteiger partial charge in [-0.05, 0) is 28.4 Å². The smallest absolute Gasteiger partial charge is 0.358 e. The number of fused-ring (bicyclic) bond motifs is 3. The largest absolute Gasteiger partial charge is 0.358 e. The maximum atomic E-state index is 3.67. The Labute approximate surface area is 280 Å². The normalized spacial score (nSPS) is 22.1. The van der Waals surface area contributed by atoms with Gasteiger partial charge in [0.2, 0.25) is 0 Å². The van der Waals surface area contributed by atoms with Crippen molar-refractivity contribution in [1.82, 2.24) is 0 Å². The predicted octanol–water partition coefficient (Wildman–Crippen LogP) is 11.0. The van der Waals surface area contributed by atoms with Crippen LogP contribution in [0.1, 0.15) is 109 Å². The minimum absolute atomic E-state index is 0. The van der Waals surface area contributed by atoms with E-state index in [1.807, 2.05) is 18.1 Å². The fraction of sp³-hybridized carbons (Fsp3) is 0.500. The van der Waals surface area contributed by atoms with Crippen molar-refractivity contribution in [3.05, 3.63) is 96.3 Å². The van der Waals surface area contributed by atoms with Gasteiger partial charge in [-0.15, -0.1) is 42.4 Å². The Kier molecular flexibility index (Phi) is 15.3. The number of hydrogen-bond acceptors (Lipinski definition) is 0. The van der Waals surface area contributed by atoms with Crippen molar-refractivity contribution < 1.29 is 24.2 Å². The molecule has 0 nitrogen and oxygen atoms in total. The third-order valence-corrected chi connectivity index (χ3v) is 8.78. The van der Waals surface area contributed by atoms with Crippen LogP contribution in [0.4, 0.5) is 0 Å². The van der Waals surface area contributed by atoms with E-state index in [2.05, 4.69) is 94.3 Å². The second kappa shape index (κ2) is 16.4. The molecule has 6 aliphatic rings. The van der Waals surface area contributed by atoms with Crippen LogP contribution in [0.3, 0.4) is 0 Å². The topological polar surface area (TPSA) is 0 Å². The number of hydrogen-bond donors (Lipinski definition) is 0. The number of halogens is 2. The third kappa shape index (κ3) is 9.88. The Morgan fingerprint density at radius 3 is 1.78 bits per heavy atom. The second-order valence-electron chi connectivity index (χ2n) is 14.0. The van der Waals surface area contributed by atoms with Crippen LogP contribution in [0.15, 0.2) is 48.6 Å². The molecule has 6 aliphatic carbocycles. The molecule has 0 spiro atoms. The quantitative estimate of drug-likeness (QED) is 0.209. The molecular weight excluding hydrogens is 619 g/mol. The molecular formula is C38H52Cl2Zr-4. The molecule has 41 heavy (non-hydrogen) atoms. The first-order valence-electron chi connectivity index (χ1n) is 14.7. The van der Waals surface area contributed by atoms with Crippen molar-refractivity contribution >= 4 is 29.0 Å². The molecule has 226 valence electrons. The summed E-state index contributed by atoms with van der Waals surface area (Å²) in [5.74, 6) is 5.35. The monoisotopic (exact) mass is 668 g/mol. The second-order valence-corrected chi connectivity index (χ2v) is 14.0. The summed E-state index contributed by atoms with van der Waals surface area (Å²) in [5, 5.41) is 0. The molecule has 3 heteroatoms. The van der Waals surface area contributed by atoms with Crippen LogP contribution in [-0.2, 0) is 41.5 Å². The molecule has 0 heterocycles. The number of benzene rings is 2. The summed E-state index contributed by atoms with van der Waals surface area (Å²) in [6.07, 6.45) is 20.3. The van der Waals surface area contributed by atoms with E-state index >= 15 is 0 Å². The summed E-state index contributed by atoms with van der Waals surface area (Å²) >= 11 is 1.30. The Morgan fingerprint density at radius 1 is 0.805 bits per heavy atom. The Balaban J connectivity index is 0.000000349. The zero-order chi connectivity index (χ0) is 27.5. The van der Waals surface area contributed by atoms with Crippen molar-refractivity contribution in [3.8, 4) is 11.1 Å². The SMILES string of the molecule is C1[C-]2CC3CC1CC(C2)C3.CC(C)(C)c1[c-]c2c(cc1)-c1ccc(C(C)(C)C)cc1C2.Cl.Cl.[C-]1=CC=CC1.[CH2]=[Zr].[CH3-]. The molecule has 0 unspecified atom stereocenters. The summed E-state index contributed by atoms with van der Waals surface area (Å²) in [5.41, 5.74) is 8.70. The van der Waals surface area contributed by atoms with E-state index in [1.54, 1.807) is 19.3 Å². The van der Waals surface area contributed by atoms with Crippen LogP contribution in [0.2, 0.25) is 0 Å². The van der Waals surface area contributed by atoms with Crippen LogP contribution in [0.25, 0.3) is 11.1 Å². The van der Waals surface area contributed by atoms with Crippen molar-refractivity contribution in [2.24, 2.45) is 17.8 Å². The summed E-state index contributed by atoms with van der Waals surface area (Å²) in [7, 11) is 0. The van der Waals surface area contributed by atoms with Gasteiger partial charge in [-0.1, -0.05) is 102 Å². The van der Waals surface area contributed by atoms with Gasteiger partial charge in [0.15, 0.2) is 0 Å². The fourth-order valence-corrected chi connectivity index (χ4v) is 7.05. The third-order valence-electron chi connectivity index (χ3n) is 8.78. The van der Waals surface area contributed by atoms with E-state index in [1.165, 1.54) is 76.9 Å². The molecule has 4 fully saturated rings. The standard InChI is InChI=1S/C21H25.C10H15.C5H5.CH3.CH2.2ClH.Zr/c1-20(2,3)16-7-9-18-14(12-16)11-15-13-17(21(4,5)6)8-10-19(15)18;1-7-2-9-4-8(1)5-10(3-7)6-9;1-2-4-5-3-1;;;;;/h7-10,12H,11H2,1-6H3;7-9H,1-6H2;1-3H,4H2;1H3;1H2;2*1H;/q4*-1;;;;. The van der Waals surface area contributed by atoms with E-state index in [0.717, 1.165) is 30.6 Å². The maximum absolute atomic E-state index is 3.67. The molecule has 2 aromatic carbocycles. The molecule has 4 bridgehead atoms. The van der Waals surface area contributed by atoms with Crippen molar-refractivity contribution in [2.45, 2.75) is 104 Å². The van der Waals surface area contributed by atoms with Gasteiger partial charge in [-0.3, -0.25) is 6.08 Å². The van der Waals surface area contributed by atoms with Gasteiger partial charge in [0.25, 0.3) is 0 Å². The molecule has 2 aromatic rings. The van der Waals surface area contributed by atoms with E-state index < -0.39 is 0 Å². The molecule has 8 rings (SSSR count). The van der Waals surface area contributed by atoms with E-state index in [0.29, 0.717) is 0 Å². The summed E-state index contributed by atoms with van der Waals surface area (Å²) in [6.45, 7) is 13.6. The first-order valence-corrected chi connectivity index (χ1v) is 16.4. The molecule has 0 atom stereocenters. The predicted molar refractivity (Wildman–Crippen MR) is 182 cm³/mol. The van der Waals surface area contributed by atoms with Crippen molar-refractivity contribution in [2.75, 3.05) is 0 Å². The Bertz CT molecular complexity index is 1030. The summed E-state index contributed by atoms with van der Waals surface area (Å²) in [6, 6.07) is 15.2. The fourth-order valence-electron chi connectivity index (χ4n) is 7.05. The van der Waals surface area contributed by atoms with Crippen LogP contribution < -0.4 is 0 Å². The Hall–Kier alpha value is -0.747. The van der Waals surface area contributed by atoms with Crippen molar-refractivity contribution in [1.29, 1.82) is 0 Å². The average Bonchev–Trinajstić information content (AvgIpc) is 3.55. The number of allylic oxidation sites excluding steroid dienone is 4. The van der Waals surface area contributed by atoms with E-state index in [-0.39, 0.29) is 43.1 Å². The summed E-state index contributed by atoms with van der Waals surface area (Å²) < 4.78 is 3.34. The first-order chi connectivity index (χ1) is 18.1. The van der Waals surface area contributed by atoms with E-state index in [9.17, 15) is 0 Å². The van der Waals surface area contributed by atoms with Gasteiger partial charge >= 0.3 is 28.4 Å². The van der Waals surface area contributed by atoms with Gasteiger partial charge in [-0.2, -0.15) is 49.1 Å². The summed E-state index contributed by atoms with van der Waals surface area (Å²) in [4.78, 5) is 0. The van der Waals surface area contributed by atoms with Gasteiger partial charge in [-0.25, -0.2) is 12.2 Å². The minimum atomic E-state index is 0. The molecule has 0 aliphatic heterocycles. The average molecular weight is 671 g/mol. The molecule has 0 aromatic heterocycles. The molecule has 0 radical (unpaired) electrons. The molecule has 4 saturated carbocycles. The van der Waals surface area contributed by atoms with E-state index in [4.69, 9.17) is 0 Å². The maximum Gasteiger partial charge on any atom is -0.358 e. The zero-order valence-corrected chi connectivity index (χ0v) is 30.6. The van der Waals surface area contributed by atoms with Gasteiger partial charge in [0, 0.05) is 0 Å². The molecule has 0 saturated heterocycles. The van der Waals surface area contributed by atoms with Crippen LogP contribution in [0, 0.1) is 43.2 Å². The Morgan fingerprint density at radius 2 is 1.37 bits per heavy atom.